The summed E-state index contributed by atoms with van der Waals surface area (Å²) in [6.45, 7) is 0.0844. The largest absolute Gasteiger partial charge is 0.454 e. The molecule has 30 heavy (non-hydrogen) atoms. The van der Waals surface area contributed by atoms with Gasteiger partial charge in [-0.3, -0.25) is 19.3 Å². The fourth-order valence-electron chi connectivity index (χ4n) is 3.18. The van der Waals surface area contributed by atoms with Crippen LogP contribution in [-0.4, -0.2) is 61.5 Å². The Morgan fingerprint density at radius 1 is 0.967 bits per heavy atom. The van der Waals surface area contributed by atoms with Gasteiger partial charge in [-0.05, 0) is 17.7 Å². The van der Waals surface area contributed by atoms with Gasteiger partial charge in [-0.1, -0.05) is 42.5 Å². The number of ether oxygens (including phenoxy) is 2. The van der Waals surface area contributed by atoms with Crippen molar-refractivity contribution < 1.29 is 28.7 Å². The molecule has 0 bridgehead atoms. The molecule has 0 radical (unpaired) electrons. The highest BCUT2D eigenvalue weighted by Crippen LogP contribution is 2.26. The average molecular weight is 410 g/mol. The highest BCUT2D eigenvalue weighted by molar-refractivity contribution is 6.22. The summed E-state index contributed by atoms with van der Waals surface area (Å²) < 4.78 is 9.98. The lowest BCUT2D eigenvalue weighted by atomic mass is 10.0. The molecule has 8 heteroatoms. The number of imide groups is 1. The number of methoxy groups -OCH3 is 1. The van der Waals surface area contributed by atoms with Crippen molar-refractivity contribution in [1.82, 2.24) is 10.2 Å². The molecule has 0 saturated heterocycles. The van der Waals surface area contributed by atoms with Gasteiger partial charge in [0.2, 0.25) is 0 Å². The zero-order valence-electron chi connectivity index (χ0n) is 16.5. The first-order valence-corrected chi connectivity index (χ1v) is 9.46. The van der Waals surface area contributed by atoms with Crippen LogP contribution >= 0.6 is 0 Å². The molecule has 3 amide bonds. The Kier molecular flexibility index (Phi) is 6.92. The van der Waals surface area contributed by atoms with Crippen molar-refractivity contribution in [2.75, 3.05) is 26.9 Å². The van der Waals surface area contributed by atoms with E-state index in [0.717, 1.165) is 10.5 Å². The van der Waals surface area contributed by atoms with Crippen molar-refractivity contribution in [1.29, 1.82) is 0 Å². The summed E-state index contributed by atoms with van der Waals surface area (Å²) in [7, 11) is 1.50. The van der Waals surface area contributed by atoms with Gasteiger partial charge >= 0.3 is 5.97 Å². The molecule has 2 aromatic carbocycles. The molecule has 0 spiro atoms. The van der Waals surface area contributed by atoms with Crippen LogP contribution in [0.5, 0.6) is 0 Å². The fourth-order valence-corrected chi connectivity index (χ4v) is 3.18. The summed E-state index contributed by atoms with van der Waals surface area (Å²) in [6.07, 6.45) is 0.0798. The van der Waals surface area contributed by atoms with Crippen molar-refractivity contribution in [2.24, 2.45) is 0 Å². The Bertz CT molecular complexity index is 909. The molecule has 0 saturated carbocycles. The third-order valence-corrected chi connectivity index (χ3v) is 4.65. The molecule has 0 aliphatic carbocycles. The number of rotatable bonds is 9. The monoisotopic (exact) mass is 410 g/mol. The fraction of sp³-hybridized carbons (Fsp3) is 0.273. The van der Waals surface area contributed by atoms with Gasteiger partial charge in [-0.15, -0.1) is 0 Å². The quantitative estimate of drug-likeness (QED) is 0.379. The number of nitrogens with one attached hydrogen (secondary N) is 1. The van der Waals surface area contributed by atoms with Crippen LogP contribution in [0.3, 0.4) is 0 Å². The molecule has 0 aromatic heterocycles. The number of benzene rings is 2. The first-order chi connectivity index (χ1) is 14.5. The normalized spacial score (nSPS) is 13.7. The van der Waals surface area contributed by atoms with E-state index in [9.17, 15) is 19.2 Å². The van der Waals surface area contributed by atoms with E-state index in [-0.39, 0.29) is 24.1 Å². The van der Waals surface area contributed by atoms with Crippen LogP contribution in [-0.2, 0) is 25.5 Å². The summed E-state index contributed by atoms with van der Waals surface area (Å²) >= 11 is 0. The highest BCUT2D eigenvalue weighted by Gasteiger charge is 2.43. The summed E-state index contributed by atoms with van der Waals surface area (Å²) in [4.78, 5) is 51.3. The summed E-state index contributed by atoms with van der Waals surface area (Å²) in [5, 5.41) is 2.54. The maximum absolute atomic E-state index is 12.9. The minimum Gasteiger partial charge on any atom is -0.454 e. The van der Waals surface area contributed by atoms with Crippen molar-refractivity contribution in [3.05, 3.63) is 71.3 Å². The zero-order chi connectivity index (χ0) is 21.5. The van der Waals surface area contributed by atoms with E-state index in [1.807, 2.05) is 6.07 Å². The van der Waals surface area contributed by atoms with E-state index in [4.69, 9.17) is 9.47 Å². The van der Waals surface area contributed by atoms with Crippen LogP contribution in [0, 0.1) is 0 Å². The minimum atomic E-state index is -1.19. The number of nitrogens with zero attached hydrogens (tertiary/aromatic N) is 1. The third-order valence-electron chi connectivity index (χ3n) is 4.65. The Morgan fingerprint density at radius 2 is 1.57 bits per heavy atom. The first-order valence-electron chi connectivity index (χ1n) is 9.46. The van der Waals surface area contributed by atoms with Gasteiger partial charge in [0.25, 0.3) is 17.7 Å². The van der Waals surface area contributed by atoms with Gasteiger partial charge in [0.05, 0.1) is 17.7 Å². The van der Waals surface area contributed by atoms with Crippen molar-refractivity contribution in [3.8, 4) is 0 Å². The van der Waals surface area contributed by atoms with Crippen LogP contribution < -0.4 is 5.32 Å². The highest BCUT2D eigenvalue weighted by atomic mass is 16.5. The maximum Gasteiger partial charge on any atom is 0.330 e. The molecular weight excluding hydrogens is 388 g/mol. The summed E-state index contributed by atoms with van der Waals surface area (Å²) in [5.74, 6) is -2.44. The maximum atomic E-state index is 12.9. The van der Waals surface area contributed by atoms with Gasteiger partial charge in [0.15, 0.2) is 6.61 Å². The predicted molar refractivity (Wildman–Crippen MR) is 107 cm³/mol. The lowest BCUT2D eigenvalue weighted by Gasteiger charge is -2.24. The number of fused-ring (bicyclic) bond motifs is 1. The third kappa shape index (κ3) is 4.72. The van der Waals surface area contributed by atoms with E-state index < -0.39 is 36.3 Å². The van der Waals surface area contributed by atoms with Crippen molar-refractivity contribution >= 4 is 23.7 Å². The molecule has 0 fully saturated rings. The molecule has 2 aromatic rings. The summed E-state index contributed by atoms with van der Waals surface area (Å²) in [5.41, 5.74) is 1.23. The van der Waals surface area contributed by atoms with Gasteiger partial charge < -0.3 is 14.8 Å². The number of hydrogen-bond donors (Lipinski definition) is 1. The molecule has 1 atom stereocenters. The topological polar surface area (TPSA) is 102 Å². The molecule has 1 heterocycles. The van der Waals surface area contributed by atoms with E-state index in [1.165, 1.54) is 7.11 Å². The van der Waals surface area contributed by atoms with E-state index in [0.29, 0.717) is 6.61 Å². The average Bonchev–Trinajstić information content (AvgIpc) is 3.02. The van der Waals surface area contributed by atoms with Crippen LogP contribution in [0.1, 0.15) is 26.3 Å². The predicted octanol–water partition coefficient (Wildman–Crippen LogP) is 1.20. The Morgan fingerprint density at radius 3 is 2.17 bits per heavy atom. The molecule has 1 unspecified atom stereocenters. The molecule has 156 valence electrons. The standard InChI is InChI=1S/C22H22N2O6/c1-29-12-11-23-19(25)14-30-22(28)18(13-15-7-3-2-4-8-15)24-20(26)16-9-5-6-10-17(16)21(24)27/h2-10,18H,11-14H2,1H3,(H,23,25). The van der Waals surface area contributed by atoms with Gasteiger partial charge in [-0.25, -0.2) is 4.79 Å². The molecule has 1 aliphatic rings. The van der Waals surface area contributed by atoms with Gasteiger partial charge in [-0.2, -0.15) is 0 Å². The summed E-state index contributed by atoms with van der Waals surface area (Å²) in [6, 6.07) is 14.2. The van der Waals surface area contributed by atoms with Crippen molar-refractivity contribution in [3.63, 3.8) is 0 Å². The number of carbonyl (C=O) groups excluding carboxylic acids is 4. The first kappa shape index (κ1) is 21.2. The second-order valence-electron chi connectivity index (χ2n) is 6.68. The van der Waals surface area contributed by atoms with E-state index in [1.54, 1.807) is 48.5 Å². The Labute approximate surface area is 173 Å². The smallest absolute Gasteiger partial charge is 0.330 e. The van der Waals surface area contributed by atoms with E-state index in [2.05, 4.69) is 5.32 Å². The van der Waals surface area contributed by atoms with Crippen molar-refractivity contribution in [2.45, 2.75) is 12.5 Å². The molecule has 8 nitrogen and oxygen atoms in total. The van der Waals surface area contributed by atoms with E-state index >= 15 is 0 Å². The molecular formula is C22H22N2O6. The molecule has 3 rings (SSSR count). The number of amides is 3. The van der Waals surface area contributed by atoms with Crippen LogP contribution in [0.2, 0.25) is 0 Å². The number of hydrogen-bond acceptors (Lipinski definition) is 6. The van der Waals surface area contributed by atoms with Crippen LogP contribution in [0.25, 0.3) is 0 Å². The lowest BCUT2D eigenvalue weighted by molar-refractivity contribution is -0.152. The van der Waals surface area contributed by atoms with Crippen LogP contribution in [0.15, 0.2) is 54.6 Å². The lowest BCUT2D eigenvalue weighted by Crippen LogP contribution is -2.47. The van der Waals surface area contributed by atoms with Gasteiger partial charge in [0, 0.05) is 20.1 Å². The second kappa shape index (κ2) is 9.80. The number of esters is 1. The van der Waals surface area contributed by atoms with Gasteiger partial charge in [0.1, 0.15) is 6.04 Å². The second-order valence-corrected chi connectivity index (χ2v) is 6.68. The number of carbonyl (C=O) groups is 4. The Balaban J connectivity index is 1.78. The van der Waals surface area contributed by atoms with Crippen LogP contribution in [0.4, 0.5) is 0 Å². The minimum absolute atomic E-state index is 0.0798. The SMILES string of the molecule is COCCNC(=O)COC(=O)C(Cc1ccccc1)N1C(=O)c2ccccc2C1=O. The zero-order valence-corrected chi connectivity index (χ0v) is 16.5. The molecule has 1 aliphatic heterocycles. The Hall–Kier alpha value is -3.52. The molecule has 1 N–H and O–H groups in total.